The Labute approximate surface area is 163 Å². The maximum Gasteiger partial charge on any atom is 0.241 e. The van der Waals surface area contributed by atoms with Gasteiger partial charge in [0.25, 0.3) is 0 Å². The van der Waals surface area contributed by atoms with Gasteiger partial charge in [0.15, 0.2) is 0 Å². The largest absolute Gasteiger partial charge is 0.324 e. The summed E-state index contributed by atoms with van der Waals surface area (Å²) in [6, 6.07) is 8.94. The van der Waals surface area contributed by atoms with Gasteiger partial charge < -0.3 is 10.6 Å². The van der Waals surface area contributed by atoms with Gasteiger partial charge in [0, 0.05) is 5.69 Å². The van der Waals surface area contributed by atoms with Crippen LogP contribution < -0.4 is 10.6 Å². The highest BCUT2D eigenvalue weighted by atomic mass is 35.5. The molecule has 0 radical (unpaired) electrons. The number of rotatable bonds is 6. The molecular weight excluding hydrogens is 369 g/mol. The van der Waals surface area contributed by atoms with Gasteiger partial charge in [0.1, 0.15) is 5.82 Å². The van der Waals surface area contributed by atoms with Crippen molar-refractivity contribution in [3.8, 4) is 0 Å². The Morgan fingerprint density at radius 1 is 1.15 bits per heavy atom. The Kier molecular flexibility index (Phi) is 6.93. The average molecular weight is 392 g/mol. The van der Waals surface area contributed by atoms with Gasteiger partial charge in [-0.1, -0.05) is 29.8 Å². The zero-order valence-corrected chi connectivity index (χ0v) is 16.5. The SMILES string of the molecule is Cc1cccc(C)c1NC(=O)CN(C)[C@@H](C)C(=O)Nc1ccc(F)cc1Cl. The Morgan fingerprint density at radius 2 is 1.78 bits per heavy atom. The molecule has 2 aromatic carbocycles. The van der Waals surface area contributed by atoms with Crippen molar-refractivity contribution >= 4 is 34.8 Å². The Balaban J connectivity index is 1.96. The van der Waals surface area contributed by atoms with Crippen LogP contribution in [-0.2, 0) is 9.59 Å². The van der Waals surface area contributed by atoms with Crippen LogP contribution in [0.25, 0.3) is 0 Å². The van der Waals surface area contributed by atoms with Gasteiger partial charge in [0.2, 0.25) is 11.8 Å². The van der Waals surface area contributed by atoms with Crippen LogP contribution in [0.15, 0.2) is 36.4 Å². The Bertz CT molecular complexity index is 837. The van der Waals surface area contributed by atoms with Crippen LogP contribution in [0.2, 0.25) is 5.02 Å². The number of anilines is 2. The first-order chi connectivity index (χ1) is 12.7. The van der Waals surface area contributed by atoms with Gasteiger partial charge in [0.05, 0.1) is 23.3 Å². The molecule has 0 aromatic heterocycles. The van der Waals surface area contributed by atoms with E-state index in [1.807, 2.05) is 32.0 Å². The van der Waals surface area contributed by atoms with Crippen LogP contribution in [0.4, 0.5) is 15.8 Å². The second kappa shape index (κ2) is 8.97. The van der Waals surface area contributed by atoms with Crippen LogP contribution in [0.5, 0.6) is 0 Å². The zero-order valence-electron chi connectivity index (χ0n) is 15.8. The number of carbonyl (C=O) groups is 2. The van der Waals surface area contributed by atoms with Crippen molar-refractivity contribution in [1.82, 2.24) is 4.90 Å². The third kappa shape index (κ3) is 5.52. The van der Waals surface area contributed by atoms with E-state index in [4.69, 9.17) is 11.6 Å². The quantitative estimate of drug-likeness (QED) is 0.782. The molecule has 2 aromatic rings. The molecule has 7 heteroatoms. The van der Waals surface area contributed by atoms with Crippen molar-refractivity contribution in [2.24, 2.45) is 0 Å². The highest BCUT2D eigenvalue weighted by Gasteiger charge is 2.21. The number of hydrogen-bond donors (Lipinski definition) is 2. The number of benzene rings is 2. The number of hydrogen-bond acceptors (Lipinski definition) is 3. The van der Waals surface area contributed by atoms with E-state index < -0.39 is 11.9 Å². The summed E-state index contributed by atoms with van der Waals surface area (Å²) in [6.45, 7) is 5.57. The Hall–Kier alpha value is -2.44. The molecule has 0 aliphatic heterocycles. The third-order valence-electron chi connectivity index (χ3n) is 4.37. The van der Waals surface area contributed by atoms with E-state index in [9.17, 15) is 14.0 Å². The van der Waals surface area contributed by atoms with Crippen molar-refractivity contribution in [2.75, 3.05) is 24.2 Å². The molecule has 144 valence electrons. The van der Waals surface area contributed by atoms with Gasteiger partial charge in [-0.3, -0.25) is 14.5 Å². The topological polar surface area (TPSA) is 61.4 Å². The molecule has 0 bridgehead atoms. The number of aryl methyl sites for hydroxylation is 2. The highest BCUT2D eigenvalue weighted by Crippen LogP contribution is 2.23. The molecule has 0 heterocycles. The van der Waals surface area contributed by atoms with Crippen molar-refractivity contribution in [2.45, 2.75) is 26.8 Å². The second-order valence-electron chi connectivity index (χ2n) is 6.52. The van der Waals surface area contributed by atoms with E-state index in [0.29, 0.717) is 5.69 Å². The lowest BCUT2D eigenvalue weighted by atomic mass is 10.1. The summed E-state index contributed by atoms with van der Waals surface area (Å²) in [4.78, 5) is 26.4. The molecule has 0 saturated carbocycles. The summed E-state index contributed by atoms with van der Waals surface area (Å²) < 4.78 is 13.1. The minimum atomic E-state index is -0.588. The lowest BCUT2D eigenvalue weighted by Gasteiger charge is -2.24. The molecule has 0 saturated heterocycles. The van der Waals surface area contributed by atoms with E-state index in [0.717, 1.165) is 22.9 Å². The summed E-state index contributed by atoms with van der Waals surface area (Å²) in [7, 11) is 1.68. The molecule has 0 spiro atoms. The maximum atomic E-state index is 13.1. The van der Waals surface area contributed by atoms with E-state index >= 15 is 0 Å². The number of halogens is 2. The number of carbonyl (C=O) groups excluding carboxylic acids is 2. The predicted octanol–water partition coefficient (Wildman–Crippen LogP) is 3.99. The van der Waals surface area contributed by atoms with Gasteiger partial charge in [-0.25, -0.2) is 4.39 Å². The van der Waals surface area contributed by atoms with Crippen LogP contribution in [0.1, 0.15) is 18.1 Å². The van der Waals surface area contributed by atoms with Crippen molar-refractivity contribution in [1.29, 1.82) is 0 Å². The molecule has 27 heavy (non-hydrogen) atoms. The van der Waals surface area contributed by atoms with Crippen molar-refractivity contribution in [3.05, 3.63) is 58.4 Å². The summed E-state index contributed by atoms with van der Waals surface area (Å²) in [5, 5.41) is 5.66. The normalized spacial score (nSPS) is 12.0. The van der Waals surface area contributed by atoms with E-state index in [-0.39, 0.29) is 23.4 Å². The summed E-state index contributed by atoms with van der Waals surface area (Å²) in [5.74, 6) is -1.04. The molecule has 5 nitrogen and oxygen atoms in total. The first-order valence-electron chi connectivity index (χ1n) is 8.51. The zero-order chi connectivity index (χ0) is 20.1. The molecule has 2 amide bonds. The monoisotopic (exact) mass is 391 g/mol. The molecule has 2 N–H and O–H groups in total. The molecule has 0 aliphatic rings. The highest BCUT2D eigenvalue weighted by molar-refractivity contribution is 6.33. The third-order valence-corrected chi connectivity index (χ3v) is 4.68. The van der Waals surface area contributed by atoms with Gasteiger partial charge in [-0.05, 0) is 57.1 Å². The van der Waals surface area contributed by atoms with Crippen molar-refractivity contribution in [3.63, 3.8) is 0 Å². The number of likely N-dealkylation sites (N-methyl/N-ethyl adjacent to an activating group) is 1. The minimum Gasteiger partial charge on any atom is -0.324 e. The summed E-state index contributed by atoms with van der Waals surface area (Å²) >= 11 is 5.93. The van der Waals surface area contributed by atoms with Gasteiger partial charge in [-0.15, -0.1) is 0 Å². The fourth-order valence-electron chi connectivity index (χ4n) is 2.58. The first kappa shape index (κ1) is 20.9. The lowest BCUT2D eigenvalue weighted by Crippen LogP contribution is -2.43. The van der Waals surface area contributed by atoms with Crippen LogP contribution in [0, 0.1) is 19.7 Å². The Morgan fingerprint density at radius 3 is 2.37 bits per heavy atom. The minimum absolute atomic E-state index is 0.0412. The van der Waals surface area contributed by atoms with Crippen LogP contribution in [0.3, 0.4) is 0 Å². The van der Waals surface area contributed by atoms with Crippen LogP contribution >= 0.6 is 11.6 Å². The molecule has 0 fully saturated rings. The number of nitrogens with one attached hydrogen (secondary N) is 2. The molecular formula is C20H23ClFN3O2. The summed E-state index contributed by atoms with van der Waals surface area (Å²) in [6.07, 6.45) is 0. The maximum absolute atomic E-state index is 13.1. The van der Waals surface area contributed by atoms with Crippen LogP contribution in [-0.4, -0.2) is 36.3 Å². The predicted molar refractivity (Wildman–Crippen MR) is 107 cm³/mol. The fourth-order valence-corrected chi connectivity index (χ4v) is 2.80. The molecule has 2 rings (SSSR count). The van der Waals surface area contributed by atoms with E-state index in [1.54, 1.807) is 18.9 Å². The van der Waals surface area contributed by atoms with E-state index in [1.165, 1.54) is 12.1 Å². The number of para-hydroxylation sites is 1. The van der Waals surface area contributed by atoms with E-state index in [2.05, 4.69) is 10.6 Å². The fraction of sp³-hybridized carbons (Fsp3) is 0.300. The van der Waals surface area contributed by atoms with Gasteiger partial charge >= 0.3 is 0 Å². The first-order valence-corrected chi connectivity index (χ1v) is 8.89. The van der Waals surface area contributed by atoms with Gasteiger partial charge in [-0.2, -0.15) is 0 Å². The molecule has 0 unspecified atom stereocenters. The summed E-state index contributed by atoms with van der Waals surface area (Å²) in [5.41, 5.74) is 3.06. The number of amides is 2. The second-order valence-corrected chi connectivity index (χ2v) is 6.93. The smallest absolute Gasteiger partial charge is 0.241 e. The van der Waals surface area contributed by atoms with Crippen molar-refractivity contribution < 1.29 is 14.0 Å². The lowest BCUT2D eigenvalue weighted by molar-refractivity contribution is -0.122. The molecule has 1 atom stereocenters. The number of nitrogens with zero attached hydrogens (tertiary/aromatic N) is 1. The average Bonchev–Trinajstić information content (AvgIpc) is 2.60. The standard InChI is InChI=1S/C20H23ClFN3O2/c1-12-6-5-7-13(2)19(12)24-18(26)11-25(4)14(3)20(27)23-17-9-8-15(22)10-16(17)21/h5-10,14H,11H2,1-4H3,(H,23,27)(H,24,26)/t14-/m0/s1. The molecule has 0 aliphatic carbocycles.